The van der Waals surface area contributed by atoms with Crippen molar-refractivity contribution in [3.05, 3.63) is 66.6 Å². The molecule has 0 spiro atoms. The minimum atomic E-state index is 0.00204. The molecule has 6 nitrogen and oxygen atoms in total. The molecule has 0 amide bonds. The Morgan fingerprint density at radius 3 is 2.75 bits per heavy atom. The van der Waals surface area contributed by atoms with Gasteiger partial charge in [-0.2, -0.15) is 0 Å². The summed E-state index contributed by atoms with van der Waals surface area (Å²) >= 11 is 0. The zero-order chi connectivity index (χ0) is 16.5. The highest BCUT2D eigenvalue weighted by atomic mass is 16.3. The maximum atomic E-state index is 9.29. The second kappa shape index (κ2) is 5.75. The molecule has 0 aliphatic carbocycles. The van der Waals surface area contributed by atoms with E-state index in [4.69, 9.17) is 5.73 Å². The van der Waals surface area contributed by atoms with Gasteiger partial charge in [0.1, 0.15) is 0 Å². The fourth-order valence-electron chi connectivity index (χ4n) is 2.71. The summed E-state index contributed by atoms with van der Waals surface area (Å²) in [6, 6.07) is 13.3. The Morgan fingerprint density at radius 2 is 1.96 bits per heavy atom. The van der Waals surface area contributed by atoms with Crippen LogP contribution in [0.1, 0.15) is 5.56 Å². The number of nitrogens with two attached hydrogens (primary N) is 1. The van der Waals surface area contributed by atoms with Crippen molar-refractivity contribution in [2.45, 2.75) is 6.61 Å². The van der Waals surface area contributed by atoms with Gasteiger partial charge in [0, 0.05) is 24.2 Å². The van der Waals surface area contributed by atoms with E-state index in [1.165, 1.54) is 0 Å². The molecule has 6 heteroatoms. The number of nitrogens with zero attached hydrogens (tertiary/aromatic N) is 4. The summed E-state index contributed by atoms with van der Waals surface area (Å²) in [5.41, 5.74) is 10.9. The first-order chi connectivity index (χ1) is 11.8. The van der Waals surface area contributed by atoms with E-state index in [1.807, 2.05) is 48.7 Å². The van der Waals surface area contributed by atoms with Crippen molar-refractivity contribution in [3.8, 4) is 22.4 Å². The summed E-state index contributed by atoms with van der Waals surface area (Å²) in [7, 11) is 0. The molecule has 4 aromatic rings. The van der Waals surface area contributed by atoms with Crippen LogP contribution in [-0.2, 0) is 6.61 Å². The molecule has 0 saturated heterocycles. The van der Waals surface area contributed by atoms with E-state index in [9.17, 15) is 5.11 Å². The molecule has 4 rings (SSSR count). The van der Waals surface area contributed by atoms with Gasteiger partial charge in [0.15, 0.2) is 11.5 Å². The Morgan fingerprint density at radius 1 is 1.04 bits per heavy atom. The quantitative estimate of drug-likeness (QED) is 0.606. The van der Waals surface area contributed by atoms with Gasteiger partial charge in [-0.15, -0.1) is 5.10 Å². The van der Waals surface area contributed by atoms with E-state index in [0.717, 1.165) is 27.9 Å². The standard InChI is InChI=1S/C18H15N5O/c19-17-16(15-6-1-2-7-20-15)18-21-9-14(10-23(18)22-17)13-5-3-4-12(8-13)11-24/h1-10,24H,11H2,(H2,19,22). The van der Waals surface area contributed by atoms with Gasteiger partial charge in [0.05, 0.1) is 17.9 Å². The number of pyridine rings is 1. The summed E-state index contributed by atoms with van der Waals surface area (Å²) in [6.45, 7) is 0.00204. The van der Waals surface area contributed by atoms with Crippen molar-refractivity contribution in [3.63, 3.8) is 0 Å². The van der Waals surface area contributed by atoms with Crippen LogP contribution in [0.4, 0.5) is 5.82 Å². The average molecular weight is 317 g/mol. The number of aliphatic hydroxyl groups is 1. The maximum absolute atomic E-state index is 9.29. The third-order valence-corrected chi connectivity index (χ3v) is 3.86. The number of benzene rings is 1. The number of fused-ring (bicyclic) bond motifs is 1. The van der Waals surface area contributed by atoms with E-state index in [0.29, 0.717) is 11.5 Å². The van der Waals surface area contributed by atoms with Crippen LogP contribution in [0.15, 0.2) is 61.1 Å². The van der Waals surface area contributed by atoms with E-state index in [-0.39, 0.29) is 6.61 Å². The summed E-state index contributed by atoms with van der Waals surface area (Å²) in [4.78, 5) is 8.86. The summed E-state index contributed by atoms with van der Waals surface area (Å²) in [6.07, 6.45) is 5.37. The molecule has 0 radical (unpaired) electrons. The maximum Gasteiger partial charge on any atom is 0.166 e. The molecule has 0 saturated carbocycles. The Bertz CT molecular complexity index is 1010. The average Bonchev–Trinajstić information content (AvgIpc) is 2.97. The van der Waals surface area contributed by atoms with Gasteiger partial charge < -0.3 is 10.8 Å². The first-order valence-corrected chi connectivity index (χ1v) is 7.51. The molecule has 24 heavy (non-hydrogen) atoms. The van der Waals surface area contributed by atoms with Crippen molar-refractivity contribution < 1.29 is 5.11 Å². The molecular weight excluding hydrogens is 302 g/mol. The SMILES string of the molecule is Nc1nn2cc(-c3cccc(CO)c3)cnc2c1-c1ccccn1. The monoisotopic (exact) mass is 317 g/mol. The molecule has 3 heterocycles. The lowest BCUT2D eigenvalue weighted by molar-refractivity contribution is 0.282. The van der Waals surface area contributed by atoms with Gasteiger partial charge in [0.2, 0.25) is 0 Å². The van der Waals surface area contributed by atoms with Gasteiger partial charge in [-0.05, 0) is 29.3 Å². The smallest absolute Gasteiger partial charge is 0.166 e. The molecule has 0 fully saturated rings. The molecule has 3 aromatic heterocycles. The zero-order valence-corrected chi connectivity index (χ0v) is 12.8. The Hall–Kier alpha value is -3.25. The molecule has 1 aromatic carbocycles. The normalized spacial score (nSPS) is 11.0. The van der Waals surface area contributed by atoms with Crippen LogP contribution in [0.2, 0.25) is 0 Å². The van der Waals surface area contributed by atoms with Crippen LogP contribution >= 0.6 is 0 Å². The number of aromatic nitrogens is 4. The van der Waals surface area contributed by atoms with Crippen molar-refractivity contribution in [2.75, 3.05) is 5.73 Å². The molecule has 0 aliphatic rings. The topological polar surface area (TPSA) is 89.3 Å². The Balaban J connectivity index is 1.86. The lowest BCUT2D eigenvalue weighted by atomic mass is 10.1. The van der Waals surface area contributed by atoms with E-state index in [1.54, 1.807) is 16.9 Å². The number of aliphatic hydroxyl groups excluding tert-OH is 1. The first kappa shape index (κ1) is 14.3. The molecule has 0 bridgehead atoms. The Kier molecular flexibility index (Phi) is 3.44. The van der Waals surface area contributed by atoms with Crippen LogP contribution in [0.25, 0.3) is 28.0 Å². The van der Waals surface area contributed by atoms with E-state index in [2.05, 4.69) is 15.1 Å². The molecule has 3 N–H and O–H groups in total. The number of nitrogen functional groups attached to an aromatic ring is 1. The highest BCUT2D eigenvalue weighted by molar-refractivity contribution is 5.84. The van der Waals surface area contributed by atoms with Gasteiger partial charge >= 0.3 is 0 Å². The van der Waals surface area contributed by atoms with Crippen molar-refractivity contribution in [1.82, 2.24) is 19.6 Å². The summed E-state index contributed by atoms with van der Waals surface area (Å²) in [5, 5.41) is 13.7. The highest BCUT2D eigenvalue weighted by Gasteiger charge is 2.15. The largest absolute Gasteiger partial charge is 0.392 e. The Labute approximate surface area is 138 Å². The molecule has 0 aliphatic heterocycles. The first-order valence-electron chi connectivity index (χ1n) is 7.51. The van der Waals surface area contributed by atoms with Gasteiger partial charge in [0.25, 0.3) is 0 Å². The minimum absolute atomic E-state index is 0.00204. The minimum Gasteiger partial charge on any atom is -0.392 e. The summed E-state index contributed by atoms with van der Waals surface area (Å²) < 4.78 is 1.67. The van der Waals surface area contributed by atoms with Crippen molar-refractivity contribution >= 4 is 11.5 Å². The summed E-state index contributed by atoms with van der Waals surface area (Å²) in [5.74, 6) is 0.391. The lowest BCUT2D eigenvalue weighted by Crippen LogP contribution is -1.93. The van der Waals surface area contributed by atoms with E-state index >= 15 is 0 Å². The number of rotatable bonds is 3. The molecule has 0 atom stereocenters. The van der Waals surface area contributed by atoms with Crippen molar-refractivity contribution in [1.29, 1.82) is 0 Å². The van der Waals surface area contributed by atoms with E-state index < -0.39 is 0 Å². The zero-order valence-electron chi connectivity index (χ0n) is 12.8. The van der Waals surface area contributed by atoms with Crippen LogP contribution in [0.3, 0.4) is 0 Å². The fourth-order valence-corrected chi connectivity index (χ4v) is 2.71. The van der Waals surface area contributed by atoms with Crippen LogP contribution < -0.4 is 5.73 Å². The number of hydrogen-bond acceptors (Lipinski definition) is 5. The fraction of sp³-hybridized carbons (Fsp3) is 0.0556. The van der Waals surface area contributed by atoms with Gasteiger partial charge in [-0.25, -0.2) is 9.50 Å². The second-order valence-electron chi connectivity index (χ2n) is 5.44. The predicted molar refractivity (Wildman–Crippen MR) is 92.0 cm³/mol. The highest BCUT2D eigenvalue weighted by Crippen LogP contribution is 2.29. The van der Waals surface area contributed by atoms with Crippen molar-refractivity contribution in [2.24, 2.45) is 0 Å². The van der Waals surface area contributed by atoms with Gasteiger partial charge in [-0.3, -0.25) is 4.98 Å². The third kappa shape index (κ3) is 2.39. The van der Waals surface area contributed by atoms with Crippen LogP contribution in [0.5, 0.6) is 0 Å². The molecule has 118 valence electrons. The number of hydrogen-bond donors (Lipinski definition) is 2. The molecule has 0 unspecified atom stereocenters. The molecular formula is C18H15N5O. The second-order valence-corrected chi connectivity index (χ2v) is 5.44. The predicted octanol–water partition coefficient (Wildman–Crippen LogP) is 2.53. The lowest BCUT2D eigenvalue weighted by Gasteiger charge is -2.04. The number of anilines is 1. The third-order valence-electron chi connectivity index (χ3n) is 3.86. The van der Waals surface area contributed by atoms with Crippen LogP contribution in [0, 0.1) is 0 Å². The van der Waals surface area contributed by atoms with Gasteiger partial charge in [-0.1, -0.05) is 24.3 Å². The van der Waals surface area contributed by atoms with Crippen LogP contribution in [-0.4, -0.2) is 24.7 Å².